The van der Waals surface area contributed by atoms with Crippen LogP contribution in [0.15, 0.2) is 0 Å². The largest absolute Gasteiger partial charge is 0.300 e. The molecular formula is C23H36O. The maximum absolute atomic E-state index is 12.4. The van der Waals surface area contributed by atoms with Crippen LogP contribution in [0.4, 0.5) is 0 Å². The van der Waals surface area contributed by atoms with Crippen LogP contribution in [0, 0.1) is 51.8 Å². The number of carbonyl (C=O) groups excluding carboxylic acids is 1. The second kappa shape index (κ2) is 4.68. The van der Waals surface area contributed by atoms with Crippen molar-refractivity contribution in [1.82, 2.24) is 0 Å². The molecule has 1 nitrogen and oxygen atoms in total. The number of hydrogen-bond donors (Lipinski definition) is 0. The van der Waals surface area contributed by atoms with Crippen molar-refractivity contribution in [1.29, 1.82) is 0 Å². The van der Waals surface area contributed by atoms with Crippen molar-refractivity contribution in [2.45, 2.75) is 85.5 Å². The van der Waals surface area contributed by atoms with Crippen LogP contribution in [0.5, 0.6) is 0 Å². The molecule has 0 aromatic rings. The van der Waals surface area contributed by atoms with Crippen LogP contribution in [0.2, 0.25) is 0 Å². The highest BCUT2D eigenvalue weighted by Gasteiger charge is 2.84. The van der Waals surface area contributed by atoms with Crippen LogP contribution in [0.25, 0.3) is 0 Å². The molecule has 0 radical (unpaired) electrons. The van der Waals surface area contributed by atoms with Crippen LogP contribution < -0.4 is 0 Å². The smallest absolute Gasteiger partial charge is 0.133 e. The van der Waals surface area contributed by atoms with Gasteiger partial charge in [0.25, 0.3) is 0 Å². The molecule has 0 spiro atoms. The van der Waals surface area contributed by atoms with E-state index in [9.17, 15) is 4.79 Å². The fourth-order valence-electron chi connectivity index (χ4n) is 9.79. The second-order valence-corrected chi connectivity index (χ2v) is 10.9. The minimum absolute atomic E-state index is 0.408. The van der Waals surface area contributed by atoms with Crippen LogP contribution in [-0.2, 0) is 4.79 Å². The van der Waals surface area contributed by atoms with Gasteiger partial charge in [-0.2, -0.15) is 0 Å². The Morgan fingerprint density at radius 2 is 1.62 bits per heavy atom. The third-order valence-corrected chi connectivity index (χ3v) is 10.8. The molecule has 8 unspecified atom stereocenters. The predicted octanol–water partition coefficient (Wildman–Crippen LogP) is 5.87. The number of hydrogen-bond acceptors (Lipinski definition) is 1. The molecule has 1 heteroatoms. The molecule has 24 heavy (non-hydrogen) atoms. The van der Waals surface area contributed by atoms with E-state index < -0.39 is 0 Å². The number of Topliss-reactive ketones (excluding diaryl/α,β-unsaturated/α-hetero) is 1. The summed E-state index contributed by atoms with van der Waals surface area (Å²) in [6.45, 7) is 9.56. The van der Waals surface area contributed by atoms with Crippen molar-refractivity contribution in [2.75, 3.05) is 0 Å². The Morgan fingerprint density at radius 3 is 2.38 bits per heavy atom. The topological polar surface area (TPSA) is 17.1 Å². The lowest BCUT2D eigenvalue weighted by Gasteiger charge is -2.59. The van der Waals surface area contributed by atoms with Gasteiger partial charge in [-0.1, -0.05) is 27.2 Å². The van der Waals surface area contributed by atoms with E-state index in [2.05, 4.69) is 20.8 Å². The molecule has 0 aromatic carbocycles. The first-order valence-electron chi connectivity index (χ1n) is 10.9. The summed E-state index contributed by atoms with van der Waals surface area (Å²) in [6, 6.07) is 0. The number of carbonyl (C=O) groups is 1. The first-order valence-corrected chi connectivity index (χ1v) is 10.9. The predicted molar refractivity (Wildman–Crippen MR) is 97.5 cm³/mol. The lowest BCUT2D eigenvalue weighted by atomic mass is 9.46. The number of fused-ring (bicyclic) bond motifs is 3. The fourth-order valence-corrected chi connectivity index (χ4v) is 9.79. The summed E-state index contributed by atoms with van der Waals surface area (Å²) in [5.41, 5.74) is 1.63. The summed E-state index contributed by atoms with van der Waals surface area (Å²) in [6.07, 6.45) is 12.8. The van der Waals surface area contributed by atoms with E-state index >= 15 is 0 Å². The lowest BCUT2D eigenvalue weighted by molar-refractivity contribution is -0.125. The summed E-state index contributed by atoms with van der Waals surface area (Å²) in [5.74, 6) is 5.59. The van der Waals surface area contributed by atoms with Gasteiger partial charge in [-0.25, -0.2) is 0 Å². The molecular weight excluding hydrogens is 292 g/mol. The van der Waals surface area contributed by atoms with Crippen molar-refractivity contribution in [3.63, 3.8) is 0 Å². The summed E-state index contributed by atoms with van der Waals surface area (Å²) < 4.78 is 0. The molecule has 5 fully saturated rings. The van der Waals surface area contributed by atoms with E-state index in [1.54, 1.807) is 0 Å². The summed E-state index contributed by atoms with van der Waals surface area (Å²) >= 11 is 0. The van der Waals surface area contributed by atoms with Gasteiger partial charge in [-0.3, -0.25) is 4.79 Å². The average Bonchev–Trinajstić information content (AvgIpc) is 2.89. The Bertz CT molecular complexity index is 581. The molecule has 0 aliphatic heterocycles. The summed E-state index contributed by atoms with van der Waals surface area (Å²) in [7, 11) is 0. The van der Waals surface area contributed by atoms with E-state index in [0.717, 1.165) is 29.6 Å². The maximum atomic E-state index is 12.4. The Balaban J connectivity index is 1.51. The van der Waals surface area contributed by atoms with Gasteiger partial charge in [-0.15, -0.1) is 0 Å². The molecule has 0 N–H and O–H groups in total. The SMILES string of the molecule is CC(=O)C1CCC23C4CCC5CC(C)CCC5(C)C4CCC12[C@H]3C. The first kappa shape index (κ1) is 15.9. The Labute approximate surface area is 148 Å². The molecule has 5 aliphatic carbocycles. The van der Waals surface area contributed by atoms with Gasteiger partial charge in [0.15, 0.2) is 0 Å². The normalized spacial score (nSPS) is 61.3. The molecule has 0 amide bonds. The highest BCUT2D eigenvalue weighted by Crippen LogP contribution is 2.89. The molecule has 5 rings (SSSR count). The molecule has 5 saturated carbocycles. The van der Waals surface area contributed by atoms with Crippen LogP contribution >= 0.6 is 0 Å². The Morgan fingerprint density at radius 1 is 0.875 bits per heavy atom. The second-order valence-electron chi connectivity index (χ2n) is 10.9. The highest BCUT2D eigenvalue weighted by atomic mass is 16.1. The molecule has 0 heterocycles. The third kappa shape index (κ3) is 1.53. The fraction of sp³-hybridized carbons (Fsp3) is 0.957. The van der Waals surface area contributed by atoms with Crippen LogP contribution in [-0.4, -0.2) is 5.78 Å². The monoisotopic (exact) mass is 328 g/mol. The molecule has 0 bridgehead atoms. The third-order valence-electron chi connectivity index (χ3n) is 10.8. The van der Waals surface area contributed by atoms with Crippen molar-refractivity contribution in [3.05, 3.63) is 0 Å². The van der Waals surface area contributed by atoms with Crippen LogP contribution in [0.1, 0.15) is 85.5 Å². The van der Waals surface area contributed by atoms with E-state index in [-0.39, 0.29) is 0 Å². The molecule has 5 aliphatic rings. The van der Waals surface area contributed by atoms with Crippen molar-refractivity contribution < 1.29 is 4.79 Å². The van der Waals surface area contributed by atoms with Gasteiger partial charge in [-0.05, 0) is 104 Å². The van der Waals surface area contributed by atoms with Crippen molar-refractivity contribution in [2.24, 2.45) is 51.8 Å². The quantitative estimate of drug-likeness (QED) is 0.588. The maximum Gasteiger partial charge on any atom is 0.133 e. The average molecular weight is 329 g/mol. The zero-order valence-corrected chi connectivity index (χ0v) is 16.2. The lowest BCUT2D eigenvalue weighted by Crippen LogP contribution is -2.51. The van der Waals surface area contributed by atoms with E-state index in [0.29, 0.717) is 27.9 Å². The van der Waals surface area contributed by atoms with Crippen molar-refractivity contribution in [3.8, 4) is 0 Å². The van der Waals surface area contributed by atoms with E-state index in [1.165, 1.54) is 57.8 Å². The molecule has 134 valence electrons. The molecule has 0 aromatic heterocycles. The summed E-state index contributed by atoms with van der Waals surface area (Å²) in [4.78, 5) is 12.4. The Hall–Kier alpha value is -0.330. The van der Waals surface area contributed by atoms with Gasteiger partial charge in [0.05, 0.1) is 0 Å². The number of rotatable bonds is 1. The zero-order chi connectivity index (χ0) is 16.9. The van der Waals surface area contributed by atoms with Gasteiger partial charge in [0.2, 0.25) is 0 Å². The van der Waals surface area contributed by atoms with Gasteiger partial charge in [0.1, 0.15) is 5.78 Å². The minimum Gasteiger partial charge on any atom is -0.300 e. The standard InChI is InChI=1S/C23H36O/c1-14-7-10-21(4)17(13-14)5-6-20-19(21)9-12-22-16(3)23(20,22)11-8-18(22)15(2)24/h14,16-20H,5-13H2,1-4H3/t14?,16-,17?,18?,19?,20?,21?,22?,23?/m1/s1. The molecule has 9 atom stereocenters. The summed E-state index contributed by atoms with van der Waals surface area (Å²) in [5, 5.41) is 0. The van der Waals surface area contributed by atoms with E-state index in [4.69, 9.17) is 0 Å². The van der Waals surface area contributed by atoms with Crippen molar-refractivity contribution >= 4 is 5.78 Å². The van der Waals surface area contributed by atoms with Gasteiger partial charge < -0.3 is 0 Å². The first-order chi connectivity index (χ1) is 11.4. The van der Waals surface area contributed by atoms with Gasteiger partial charge >= 0.3 is 0 Å². The molecule has 0 saturated heterocycles. The number of ketones is 1. The van der Waals surface area contributed by atoms with Gasteiger partial charge in [0, 0.05) is 5.92 Å². The highest BCUT2D eigenvalue weighted by molar-refractivity contribution is 5.81. The van der Waals surface area contributed by atoms with Crippen LogP contribution in [0.3, 0.4) is 0 Å². The minimum atomic E-state index is 0.408. The Kier molecular flexibility index (Phi) is 3.10. The zero-order valence-electron chi connectivity index (χ0n) is 16.2. The van der Waals surface area contributed by atoms with E-state index in [1.807, 2.05) is 6.92 Å².